The lowest BCUT2D eigenvalue weighted by atomic mass is 9.88. The molecule has 1 aliphatic rings. The number of nitriles is 3. The fourth-order valence-electron chi connectivity index (χ4n) is 3.18. The minimum Gasteiger partial charge on any atom is -0.264 e. The second kappa shape index (κ2) is 4.85. The van der Waals surface area contributed by atoms with Crippen LogP contribution >= 0.6 is 11.6 Å². The summed E-state index contributed by atoms with van der Waals surface area (Å²) < 4.78 is 0. The van der Waals surface area contributed by atoms with Crippen LogP contribution in [0.1, 0.15) is 17.0 Å². The maximum atomic E-state index is 9.80. The van der Waals surface area contributed by atoms with Gasteiger partial charge in [0.1, 0.15) is 5.41 Å². The first kappa shape index (κ1) is 14.1. The molecule has 0 N–H and O–H groups in total. The van der Waals surface area contributed by atoms with Gasteiger partial charge in [-0.1, -0.05) is 29.8 Å². The molecule has 1 aromatic carbocycles. The Balaban J connectivity index is 2.23. The molecule has 0 radical (unpaired) electrons. The van der Waals surface area contributed by atoms with E-state index in [0.717, 1.165) is 0 Å². The maximum absolute atomic E-state index is 9.80. The molecular weight excluding hydrogens is 296 g/mol. The molecule has 1 saturated carbocycles. The van der Waals surface area contributed by atoms with Gasteiger partial charge in [0.2, 0.25) is 0 Å². The molecule has 1 fully saturated rings. The van der Waals surface area contributed by atoms with Crippen molar-refractivity contribution >= 4 is 11.6 Å². The van der Waals surface area contributed by atoms with E-state index in [0.29, 0.717) is 16.1 Å². The predicted molar refractivity (Wildman–Crippen MR) is 79.4 cm³/mol. The lowest BCUT2D eigenvalue weighted by Crippen LogP contribution is -2.14. The van der Waals surface area contributed by atoms with Crippen molar-refractivity contribution in [3.63, 3.8) is 0 Å². The number of halogens is 1. The second-order valence-corrected chi connectivity index (χ2v) is 5.61. The number of nitrogens with zero attached hydrogens (tertiary/aromatic N) is 4. The molecule has 0 amide bonds. The quantitative estimate of drug-likeness (QED) is 0.851. The molecule has 0 unspecified atom stereocenters. The van der Waals surface area contributed by atoms with Crippen molar-refractivity contribution in [1.82, 2.24) is 4.98 Å². The van der Waals surface area contributed by atoms with Crippen LogP contribution in [0.15, 0.2) is 48.8 Å². The Morgan fingerprint density at radius 1 is 1.00 bits per heavy atom. The van der Waals surface area contributed by atoms with E-state index >= 15 is 0 Å². The summed E-state index contributed by atoms with van der Waals surface area (Å²) in [6, 6.07) is 16.6. The van der Waals surface area contributed by atoms with Crippen molar-refractivity contribution in [1.29, 1.82) is 15.8 Å². The van der Waals surface area contributed by atoms with Crippen molar-refractivity contribution in [2.24, 2.45) is 5.41 Å². The van der Waals surface area contributed by atoms with Crippen LogP contribution in [0.4, 0.5) is 0 Å². The fraction of sp³-hybridized carbons (Fsp3) is 0.176. The Hall–Kier alpha value is -2.87. The smallest absolute Gasteiger partial charge is 0.175 e. The summed E-state index contributed by atoms with van der Waals surface area (Å²) in [5.74, 6) is -0.533. The minimum absolute atomic E-state index is 0.533. The molecular formula is C17H9ClN4. The normalized spacial score (nSPS) is 24.5. The van der Waals surface area contributed by atoms with Crippen LogP contribution in [0.25, 0.3) is 0 Å². The number of pyridine rings is 1. The Morgan fingerprint density at radius 2 is 1.68 bits per heavy atom. The number of rotatable bonds is 2. The summed E-state index contributed by atoms with van der Waals surface area (Å²) in [7, 11) is 0. The Labute approximate surface area is 132 Å². The van der Waals surface area contributed by atoms with Gasteiger partial charge in [0.15, 0.2) is 5.41 Å². The van der Waals surface area contributed by atoms with Crippen LogP contribution in [-0.4, -0.2) is 4.98 Å². The summed E-state index contributed by atoms with van der Waals surface area (Å²) >= 11 is 5.89. The summed E-state index contributed by atoms with van der Waals surface area (Å²) in [5, 5.41) is 29.5. The Morgan fingerprint density at radius 3 is 2.18 bits per heavy atom. The summed E-state index contributed by atoms with van der Waals surface area (Å²) in [4.78, 5) is 4.04. The first-order valence-corrected chi connectivity index (χ1v) is 6.94. The SMILES string of the molecule is N#CC1(C#N)[C@H](c2cccnc2)[C@@]1(C#N)c1ccc(Cl)cc1. The van der Waals surface area contributed by atoms with E-state index in [9.17, 15) is 15.8 Å². The van der Waals surface area contributed by atoms with Crippen LogP contribution < -0.4 is 0 Å². The van der Waals surface area contributed by atoms with Gasteiger partial charge >= 0.3 is 0 Å². The van der Waals surface area contributed by atoms with Gasteiger partial charge in [-0.15, -0.1) is 0 Å². The molecule has 1 aromatic heterocycles. The van der Waals surface area contributed by atoms with E-state index in [1.807, 2.05) is 0 Å². The van der Waals surface area contributed by atoms with E-state index in [1.165, 1.54) is 0 Å². The van der Waals surface area contributed by atoms with Crippen LogP contribution in [0.5, 0.6) is 0 Å². The van der Waals surface area contributed by atoms with Crippen molar-refractivity contribution in [3.05, 3.63) is 64.9 Å². The summed E-state index contributed by atoms with van der Waals surface area (Å²) in [5.41, 5.74) is -1.29. The molecule has 0 saturated heterocycles. The molecule has 2 aromatic rings. The predicted octanol–water partition coefficient (Wildman–Crippen LogP) is 3.33. The molecule has 0 aliphatic heterocycles. The van der Waals surface area contributed by atoms with Gasteiger partial charge in [0.05, 0.1) is 18.2 Å². The van der Waals surface area contributed by atoms with E-state index in [2.05, 4.69) is 23.2 Å². The molecule has 104 valence electrons. The van der Waals surface area contributed by atoms with Gasteiger partial charge in [0.25, 0.3) is 0 Å². The van der Waals surface area contributed by atoms with Gasteiger partial charge in [-0.3, -0.25) is 4.98 Å². The Kier molecular flexibility index (Phi) is 3.10. The third kappa shape index (κ3) is 1.58. The third-order valence-electron chi connectivity index (χ3n) is 4.25. The van der Waals surface area contributed by atoms with Gasteiger partial charge in [-0.05, 0) is 29.3 Å². The summed E-state index contributed by atoms with van der Waals surface area (Å²) in [6.07, 6.45) is 3.21. The van der Waals surface area contributed by atoms with Gasteiger partial charge in [-0.25, -0.2) is 0 Å². The number of aromatic nitrogens is 1. The summed E-state index contributed by atoms with van der Waals surface area (Å²) in [6.45, 7) is 0. The largest absolute Gasteiger partial charge is 0.264 e. The van der Waals surface area contributed by atoms with Crippen molar-refractivity contribution in [2.45, 2.75) is 11.3 Å². The highest BCUT2D eigenvalue weighted by molar-refractivity contribution is 6.30. The molecule has 5 heteroatoms. The van der Waals surface area contributed by atoms with E-state index in [4.69, 9.17) is 11.6 Å². The highest BCUT2D eigenvalue weighted by Crippen LogP contribution is 2.73. The molecule has 0 bridgehead atoms. The number of benzene rings is 1. The average Bonchev–Trinajstić information content (AvgIpc) is 3.20. The molecule has 1 heterocycles. The van der Waals surface area contributed by atoms with E-state index < -0.39 is 16.7 Å². The standard InChI is InChI=1S/C17H9ClN4/c18-14-5-3-13(4-6-14)17(11-21)15(16(17,9-19)10-20)12-2-1-7-22-8-12/h1-8,15H/t15-,17+/m0/s1. The van der Waals surface area contributed by atoms with Gasteiger partial charge < -0.3 is 0 Å². The third-order valence-corrected chi connectivity index (χ3v) is 4.50. The fourth-order valence-corrected chi connectivity index (χ4v) is 3.30. The van der Waals surface area contributed by atoms with Gasteiger partial charge in [0, 0.05) is 23.3 Å². The van der Waals surface area contributed by atoms with Gasteiger partial charge in [-0.2, -0.15) is 15.8 Å². The highest BCUT2D eigenvalue weighted by atomic mass is 35.5. The van der Waals surface area contributed by atoms with Crippen molar-refractivity contribution < 1.29 is 0 Å². The zero-order chi connectivity index (χ0) is 15.8. The monoisotopic (exact) mass is 304 g/mol. The molecule has 1 aliphatic carbocycles. The maximum Gasteiger partial charge on any atom is 0.175 e. The molecule has 22 heavy (non-hydrogen) atoms. The molecule has 4 nitrogen and oxygen atoms in total. The van der Waals surface area contributed by atoms with Crippen LogP contribution in [-0.2, 0) is 5.41 Å². The minimum atomic E-state index is -1.42. The van der Waals surface area contributed by atoms with E-state index in [1.54, 1.807) is 48.8 Å². The van der Waals surface area contributed by atoms with Crippen LogP contribution in [0.3, 0.4) is 0 Å². The highest BCUT2D eigenvalue weighted by Gasteiger charge is 2.81. The first-order valence-electron chi connectivity index (χ1n) is 6.56. The van der Waals surface area contributed by atoms with Crippen molar-refractivity contribution in [3.8, 4) is 18.2 Å². The first-order chi connectivity index (χ1) is 10.7. The molecule has 2 atom stereocenters. The molecule has 3 rings (SSSR count). The van der Waals surface area contributed by atoms with Crippen LogP contribution in [0.2, 0.25) is 5.02 Å². The topological polar surface area (TPSA) is 84.3 Å². The number of hydrogen-bond donors (Lipinski definition) is 0. The Bertz CT molecular complexity index is 825. The zero-order valence-corrected chi connectivity index (χ0v) is 12.1. The van der Waals surface area contributed by atoms with Crippen LogP contribution in [0, 0.1) is 39.4 Å². The van der Waals surface area contributed by atoms with E-state index in [-0.39, 0.29) is 0 Å². The average molecular weight is 305 g/mol. The number of hydrogen-bond acceptors (Lipinski definition) is 4. The molecule has 0 spiro atoms. The second-order valence-electron chi connectivity index (χ2n) is 5.18. The lowest BCUT2D eigenvalue weighted by molar-refractivity contribution is 0.742. The zero-order valence-electron chi connectivity index (χ0n) is 11.4. The lowest BCUT2D eigenvalue weighted by Gasteiger charge is -2.09. The van der Waals surface area contributed by atoms with Crippen molar-refractivity contribution in [2.75, 3.05) is 0 Å².